The summed E-state index contributed by atoms with van der Waals surface area (Å²) < 4.78 is 4.96. The minimum atomic E-state index is -0.0999. The minimum absolute atomic E-state index is 0.0999. The number of benzene rings is 1. The molecule has 4 heteroatoms. The zero-order valence-corrected chi connectivity index (χ0v) is 11.8. The Kier molecular flexibility index (Phi) is 4.62. The summed E-state index contributed by atoms with van der Waals surface area (Å²) in [6, 6.07) is 9.55. The summed E-state index contributed by atoms with van der Waals surface area (Å²) in [5, 5.41) is 12.1. The van der Waals surface area contributed by atoms with E-state index in [-0.39, 0.29) is 11.4 Å². The molecule has 0 bridgehead atoms. The van der Waals surface area contributed by atoms with Crippen molar-refractivity contribution in [1.82, 2.24) is 0 Å². The first-order chi connectivity index (χ1) is 9.67. The number of carbonyl (C=O) groups excluding carboxylic acids is 1. The molecule has 1 aromatic carbocycles. The molecule has 1 fully saturated rings. The van der Waals surface area contributed by atoms with E-state index < -0.39 is 0 Å². The number of nitriles is 1. The molecule has 0 radical (unpaired) electrons. The van der Waals surface area contributed by atoms with E-state index in [0.717, 1.165) is 31.5 Å². The van der Waals surface area contributed by atoms with Gasteiger partial charge in [-0.25, -0.2) is 0 Å². The van der Waals surface area contributed by atoms with E-state index in [0.29, 0.717) is 18.6 Å². The third-order valence-electron chi connectivity index (χ3n) is 3.80. The Bertz CT molecular complexity index is 498. The standard InChI is InChI=1S/C16H20N2O2/c1-2-20-15(19)7-8-16(9-10-16)12-18-14-5-3-13(11-17)4-6-14/h3-6,18H,2,7-10,12H2,1H3. The van der Waals surface area contributed by atoms with Crippen LogP contribution in [-0.2, 0) is 9.53 Å². The van der Waals surface area contributed by atoms with Crippen LogP contribution in [0.3, 0.4) is 0 Å². The zero-order chi connectivity index (χ0) is 14.4. The Hall–Kier alpha value is -2.02. The lowest BCUT2D eigenvalue weighted by atomic mass is 10.00. The summed E-state index contributed by atoms with van der Waals surface area (Å²) in [4.78, 5) is 11.4. The molecule has 20 heavy (non-hydrogen) atoms. The van der Waals surface area contributed by atoms with Gasteiger partial charge in [0, 0.05) is 18.7 Å². The summed E-state index contributed by atoms with van der Waals surface area (Å²) in [6.07, 6.45) is 3.71. The molecule has 1 saturated carbocycles. The SMILES string of the molecule is CCOC(=O)CCC1(CNc2ccc(C#N)cc2)CC1. The quantitative estimate of drug-likeness (QED) is 0.775. The van der Waals surface area contributed by atoms with Gasteiger partial charge in [-0.2, -0.15) is 5.26 Å². The highest BCUT2D eigenvalue weighted by atomic mass is 16.5. The van der Waals surface area contributed by atoms with Gasteiger partial charge < -0.3 is 10.1 Å². The number of hydrogen-bond donors (Lipinski definition) is 1. The highest BCUT2D eigenvalue weighted by molar-refractivity contribution is 5.69. The van der Waals surface area contributed by atoms with E-state index in [2.05, 4.69) is 11.4 Å². The van der Waals surface area contributed by atoms with Crippen molar-refractivity contribution in [2.24, 2.45) is 5.41 Å². The second-order valence-corrected chi connectivity index (χ2v) is 5.35. The molecule has 0 aromatic heterocycles. The first kappa shape index (κ1) is 14.4. The van der Waals surface area contributed by atoms with Gasteiger partial charge in [-0.1, -0.05) is 0 Å². The van der Waals surface area contributed by atoms with E-state index in [1.807, 2.05) is 19.1 Å². The number of anilines is 1. The van der Waals surface area contributed by atoms with Gasteiger partial charge in [-0.15, -0.1) is 0 Å². The van der Waals surface area contributed by atoms with Crippen molar-refractivity contribution in [3.8, 4) is 6.07 Å². The van der Waals surface area contributed by atoms with Crippen LogP contribution in [0.1, 0.15) is 38.2 Å². The summed E-state index contributed by atoms with van der Waals surface area (Å²) in [5.41, 5.74) is 1.94. The number of ether oxygens (including phenoxy) is 1. The lowest BCUT2D eigenvalue weighted by molar-refractivity contribution is -0.143. The largest absolute Gasteiger partial charge is 0.466 e. The predicted octanol–water partition coefficient (Wildman–Crippen LogP) is 3.09. The molecule has 106 valence electrons. The van der Waals surface area contributed by atoms with Crippen molar-refractivity contribution in [1.29, 1.82) is 5.26 Å². The third kappa shape index (κ3) is 3.99. The molecule has 0 unspecified atom stereocenters. The average Bonchev–Trinajstić information content (AvgIpc) is 3.25. The van der Waals surface area contributed by atoms with Crippen molar-refractivity contribution in [2.45, 2.75) is 32.6 Å². The van der Waals surface area contributed by atoms with Crippen LogP contribution in [0.4, 0.5) is 5.69 Å². The van der Waals surface area contributed by atoms with Crippen molar-refractivity contribution >= 4 is 11.7 Å². The average molecular weight is 272 g/mol. The Labute approximate surface area is 119 Å². The molecule has 4 nitrogen and oxygen atoms in total. The number of nitrogens with zero attached hydrogens (tertiary/aromatic N) is 1. The van der Waals surface area contributed by atoms with Crippen LogP contribution < -0.4 is 5.32 Å². The molecule has 0 heterocycles. The summed E-state index contributed by atoms with van der Waals surface area (Å²) in [5.74, 6) is -0.0999. The molecule has 0 amide bonds. The lowest BCUT2D eigenvalue weighted by Gasteiger charge is -2.16. The number of nitrogens with one attached hydrogen (secondary N) is 1. The normalized spacial score (nSPS) is 15.2. The van der Waals surface area contributed by atoms with Gasteiger partial charge in [0.1, 0.15) is 0 Å². The number of carbonyl (C=O) groups is 1. The number of esters is 1. The molecular formula is C16H20N2O2. The zero-order valence-electron chi connectivity index (χ0n) is 11.8. The highest BCUT2D eigenvalue weighted by Crippen LogP contribution is 2.49. The first-order valence-electron chi connectivity index (χ1n) is 7.07. The topological polar surface area (TPSA) is 62.1 Å². The molecule has 1 aliphatic rings. The van der Waals surface area contributed by atoms with Gasteiger partial charge in [0.2, 0.25) is 0 Å². The first-order valence-corrected chi connectivity index (χ1v) is 7.07. The number of rotatable bonds is 7. The maximum absolute atomic E-state index is 11.4. The fraction of sp³-hybridized carbons (Fsp3) is 0.500. The molecule has 2 rings (SSSR count). The van der Waals surface area contributed by atoms with Crippen molar-refractivity contribution < 1.29 is 9.53 Å². The van der Waals surface area contributed by atoms with Crippen molar-refractivity contribution in [3.63, 3.8) is 0 Å². The monoisotopic (exact) mass is 272 g/mol. The predicted molar refractivity (Wildman–Crippen MR) is 77.2 cm³/mol. The van der Waals surface area contributed by atoms with Crippen LogP contribution in [0.5, 0.6) is 0 Å². The third-order valence-corrected chi connectivity index (χ3v) is 3.80. The molecule has 1 N–H and O–H groups in total. The Morgan fingerprint density at radius 3 is 2.65 bits per heavy atom. The van der Waals surface area contributed by atoms with Crippen molar-refractivity contribution in [3.05, 3.63) is 29.8 Å². The van der Waals surface area contributed by atoms with Gasteiger partial charge in [-0.05, 0) is 55.9 Å². The second kappa shape index (κ2) is 6.42. The van der Waals surface area contributed by atoms with E-state index in [1.54, 1.807) is 12.1 Å². The van der Waals surface area contributed by atoms with E-state index >= 15 is 0 Å². The number of hydrogen-bond acceptors (Lipinski definition) is 4. The summed E-state index contributed by atoms with van der Waals surface area (Å²) >= 11 is 0. The fourth-order valence-corrected chi connectivity index (χ4v) is 2.24. The van der Waals surface area contributed by atoms with Crippen LogP contribution in [0.15, 0.2) is 24.3 Å². The van der Waals surface area contributed by atoms with Gasteiger partial charge in [0.15, 0.2) is 0 Å². The molecule has 0 atom stereocenters. The molecular weight excluding hydrogens is 252 g/mol. The van der Waals surface area contributed by atoms with Crippen LogP contribution in [0, 0.1) is 16.7 Å². The van der Waals surface area contributed by atoms with Gasteiger partial charge in [-0.3, -0.25) is 4.79 Å². The molecule has 0 saturated heterocycles. The van der Waals surface area contributed by atoms with Crippen LogP contribution in [0.2, 0.25) is 0 Å². The lowest BCUT2D eigenvalue weighted by Crippen LogP contribution is -2.17. The van der Waals surface area contributed by atoms with Crippen LogP contribution in [-0.4, -0.2) is 19.1 Å². The Balaban J connectivity index is 1.78. The molecule has 1 aromatic rings. The van der Waals surface area contributed by atoms with Crippen LogP contribution in [0.25, 0.3) is 0 Å². The van der Waals surface area contributed by atoms with Crippen LogP contribution >= 0.6 is 0 Å². The van der Waals surface area contributed by atoms with Gasteiger partial charge in [0.25, 0.3) is 0 Å². The van der Waals surface area contributed by atoms with Crippen molar-refractivity contribution in [2.75, 3.05) is 18.5 Å². The maximum Gasteiger partial charge on any atom is 0.305 e. The molecule has 1 aliphatic carbocycles. The second-order valence-electron chi connectivity index (χ2n) is 5.35. The smallest absolute Gasteiger partial charge is 0.305 e. The summed E-state index contributed by atoms with van der Waals surface area (Å²) in [6.45, 7) is 3.16. The Morgan fingerprint density at radius 2 is 2.10 bits per heavy atom. The summed E-state index contributed by atoms with van der Waals surface area (Å²) in [7, 11) is 0. The fourth-order valence-electron chi connectivity index (χ4n) is 2.24. The molecule has 0 spiro atoms. The van der Waals surface area contributed by atoms with E-state index in [4.69, 9.17) is 10.00 Å². The molecule has 0 aliphatic heterocycles. The van der Waals surface area contributed by atoms with E-state index in [1.165, 1.54) is 0 Å². The van der Waals surface area contributed by atoms with E-state index in [9.17, 15) is 4.79 Å². The Morgan fingerprint density at radius 1 is 1.40 bits per heavy atom. The van der Waals surface area contributed by atoms with Gasteiger partial charge >= 0.3 is 5.97 Å². The maximum atomic E-state index is 11.4. The highest BCUT2D eigenvalue weighted by Gasteiger charge is 2.42. The van der Waals surface area contributed by atoms with Gasteiger partial charge in [0.05, 0.1) is 18.2 Å². The minimum Gasteiger partial charge on any atom is -0.466 e.